The van der Waals surface area contributed by atoms with Crippen LogP contribution in [0, 0.1) is 0 Å². The van der Waals surface area contributed by atoms with Crippen molar-refractivity contribution < 1.29 is 14.0 Å². The molecule has 0 aliphatic carbocycles. The van der Waals surface area contributed by atoms with Crippen LogP contribution in [-0.2, 0) is 0 Å². The molecule has 0 aliphatic rings. The van der Waals surface area contributed by atoms with Crippen LogP contribution in [0.1, 0.15) is 112 Å². The van der Waals surface area contributed by atoms with Gasteiger partial charge in [-0.15, -0.1) is 11.3 Å². The summed E-state index contributed by atoms with van der Waals surface area (Å²) in [6.45, 7) is 4.41. The van der Waals surface area contributed by atoms with Crippen molar-refractivity contribution in [2.75, 3.05) is 0 Å². The fourth-order valence-corrected chi connectivity index (χ4v) is 5.87. The van der Waals surface area contributed by atoms with Gasteiger partial charge in [0.15, 0.2) is 17.1 Å². The Morgan fingerprint density at radius 2 is 1.26 bits per heavy atom. The first-order chi connectivity index (χ1) is 16.6. The van der Waals surface area contributed by atoms with Gasteiger partial charge in [-0.05, 0) is 37.1 Å². The summed E-state index contributed by atoms with van der Waals surface area (Å²) >= 11 is 1.67. The number of fused-ring (bicyclic) bond motifs is 5. The SMILES string of the molecule is CCCCCCCC(=O)c1ccc2c(c1)oc1c3ccc(C(=O)CCCCCCC)cc3sc21. The van der Waals surface area contributed by atoms with Crippen molar-refractivity contribution in [1.82, 2.24) is 0 Å². The molecule has 4 aromatic rings. The third-order valence-electron chi connectivity index (χ3n) is 6.74. The van der Waals surface area contributed by atoms with Gasteiger partial charge in [0, 0.05) is 39.4 Å². The summed E-state index contributed by atoms with van der Waals surface area (Å²) in [6.07, 6.45) is 12.7. The maximum absolute atomic E-state index is 12.7. The van der Waals surface area contributed by atoms with E-state index >= 15 is 0 Å². The Kier molecular flexibility index (Phi) is 8.55. The quantitative estimate of drug-likeness (QED) is 0.134. The van der Waals surface area contributed by atoms with Crippen LogP contribution in [0.2, 0.25) is 0 Å². The zero-order valence-corrected chi connectivity index (χ0v) is 21.4. The second kappa shape index (κ2) is 11.8. The van der Waals surface area contributed by atoms with Gasteiger partial charge in [0.2, 0.25) is 0 Å². The zero-order valence-electron chi connectivity index (χ0n) is 20.6. The lowest BCUT2D eigenvalue weighted by Crippen LogP contribution is -1.98. The van der Waals surface area contributed by atoms with Crippen molar-refractivity contribution in [3.63, 3.8) is 0 Å². The van der Waals surface area contributed by atoms with Crippen LogP contribution in [0.3, 0.4) is 0 Å². The maximum Gasteiger partial charge on any atom is 0.163 e. The summed E-state index contributed by atoms with van der Waals surface area (Å²) in [6, 6.07) is 11.8. The minimum atomic E-state index is 0.195. The molecule has 0 fully saturated rings. The van der Waals surface area contributed by atoms with Crippen molar-refractivity contribution in [3.05, 3.63) is 47.5 Å². The molecule has 34 heavy (non-hydrogen) atoms. The van der Waals surface area contributed by atoms with Crippen LogP contribution in [0.4, 0.5) is 0 Å². The molecule has 2 aromatic carbocycles. The second-order valence-corrected chi connectivity index (χ2v) is 10.5. The third-order valence-corrected chi connectivity index (χ3v) is 7.91. The molecule has 0 spiro atoms. The van der Waals surface area contributed by atoms with E-state index in [9.17, 15) is 9.59 Å². The van der Waals surface area contributed by atoms with E-state index in [1.807, 2.05) is 36.4 Å². The fourth-order valence-electron chi connectivity index (χ4n) is 4.67. The first kappa shape index (κ1) is 24.7. The molecule has 0 radical (unpaired) electrons. The lowest BCUT2D eigenvalue weighted by Gasteiger charge is -2.02. The van der Waals surface area contributed by atoms with Crippen LogP contribution in [0.15, 0.2) is 40.8 Å². The summed E-state index contributed by atoms with van der Waals surface area (Å²) < 4.78 is 8.40. The standard InChI is InChI=1S/C30H36O3S/c1-3-5-7-9-11-13-25(31)21-15-17-23-27(19-21)33-29-24-18-16-22(20-28(24)34-30(23)29)26(32)14-12-10-8-6-4-2/h15-20H,3-14H2,1-2H3. The van der Waals surface area contributed by atoms with Gasteiger partial charge in [-0.2, -0.15) is 0 Å². The van der Waals surface area contributed by atoms with Crippen LogP contribution in [0.5, 0.6) is 0 Å². The van der Waals surface area contributed by atoms with Gasteiger partial charge in [0.25, 0.3) is 0 Å². The van der Waals surface area contributed by atoms with E-state index < -0.39 is 0 Å². The van der Waals surface area contributed by atoms with Crippen LogP contribution >= 0.6 is 11.3 Å². The Hall–Kier alpha value is -2.46. The molecule has 0 atom stereocenters. The molecule has 2 heterocycles. The molecule has 4 rings (SSSR count). The molecular formula is C30H36O3S. The second-order valence-electron chi connectivity index (χ2n) is 9.46. The number of hydrogen-bond donors (Lipinski definition) is 0. The molecular weight excluding hydrogens is 440 g/mol. The van der Waals surface area contributed by atoms with Crippen molar-refractivity contribution in [3.8, 4) is 0 Å². The highest BCUT2D eigenvalue weighted by molar-refractivity contribution is 7.26. The van der Waals surface area contributed by atoms with Crippen LogP contribution < -0.4 is 0 Å². The number of furan rings is 1. The minimum Gasteiger partial charge on any atom is -0.454 e. The van der Waals surface area contributed by atoms with E-state index in [0.717, 1.165) is 68.1 Å². The average molecular weight is 477 g/mol. The predicted molar refractivity (Wildman–Crippen MR) is 145 cm³/mol. The molecule has 4 heteroatoms. The van der Waals surface area contributed by atoms with Gasteiger partial charge < -0.3 is 4.42 Å². The summed E-state index contributed by atoms with van der Waals surface area (Å²) in [5, 5.41) is 2.08. The summed E-state index contributed by atoms with van der Waals surface area (Å²) in [4.78, 5) is 25.3. The van der Waals surface area contributed by atoms with E-state index in [-0.39, 0.29) is 11.6 Å². The van der Waals surface area contributed by atoms with Crippen molar-refractivity contribution in [2.24, 2.45) is 0 Å². The van der Waals surface area contributed by atoms with Crippen LogP contribution in [-0.4, -0.2) is 11.6 Å². The Bertz CT molecular complexity index is 1180. The summed E-state index contributed by atoms with van der Waals surface area (Å²) in [7, 11) is 0. The fraction of sp³-hybridized carbons (Fsp3) is 0.467. The van der Waals surface area contributed by atoms with Gasteiger partial charge >= 0.3 is 0 Å². The van der Waals surface area contributed by atoms with Gasteiger partial charge in [-0.3, -0.25) is 9.59 Å². The lowest BCUT2D eigenvalue weighted by atomic mass is 10.0. The Morgan fingerprint density at radius 3 is 1.88 bits per heavy atom. The molecule has 0 saturated carbocycles. The minimum absolute atomic E-state index is 0.195. The molecule has 0 amide bonds. The smallest absolute Gasteiger partial charge is 0.163 e. The largest absolute Gasteiger partial charge is 0.454 e. The first-order valence-corrected chi connectivity index (χ1v) is 13.9. The van der Waals surface area contributed by atoms with E-state index in [1.165, 1.54) is 38.5 Å². The van der Waals surface area contributed by atoms with E-state index in [4.69, 9.17) is 4.42 Å². The average Bonchev–Trinajstić information content (AvgIpc) is 3.38. The third kappa shape index (κ3) is 5.60. The Balaban J connectivity index is 1.48. The Morgan fingerprint density at radius 1 is 0.706 bits per heavy atom. The molecule has 2 aromatic heterocycles. The number of hydrogen-bond acceptors (Lipinski definition) is 4. The molecule has 0 bridgehead atoms. The van der Waals surface area contributed by atoms with E-state index in [2.05, 4.69) is 13.8 Å². The number of ketones is 2. The van der Waals surface area contributed by atoms with Crippen molar-refractivity contribution in [2.45, 2.75) is 90.9 Å². The number of thiophene rings is 1. The highest BCUT2D eigenvalue weighted by Gasteiger charge is 2.17. The Labute approximate surface area is 206 Å². The van der Waals surface area contributed by atoms with E-state index in [1.54, 1.807) is 11.3 Å². The van der Waals surface area contributed by atoms with Crippen molar-refractivity contribution in [1.29, 1.82) is 0 Å². The molecule has 0 N–H and O–H groups in total. The number of unbranched alkanes of at least 4 members (excludes halogenated alkanes) is 8. The monoisotopic (exact) mass is 476 g/mol. The maximum atomic E-state index is 12.7. The molecule has 0 aliphatic heterocycles. The predicted octanol–water partition coefficient (Wildman–Crippen LogP) is 9.89. The molecule has 0 saturated heterocycles. The highest BCUT2D eigenvalue weighted by Crippen LogP contribution is 2.41. The van der Waals surface area contributed by atoms with Gasteiger partial charge in [0.05, 0.1) is 4.70 Å². The number of benzene rings is 2. The molecule has 0 unspecified atom stereocenters. The molecule has 180 valence electrons. The molecule has 3 nitrogen and oxygen atoms in total. The van der Waals surface area contributed by atoms with Gasteiger partial charge in [-0.25, -0.2) is 0 Å². The normalized spacial score (nSPS) is 11.7. The summed E-state index contributed by atoms with van der Waals surface area (Å²) in [5.74, 6) is 0.423. The van der Waals surface area contributed by atoms with E-state index in [0.29, 0.717) is 12.8 Å². The number of carbonyl (C=O) groups is 2. The first-order valence-electron chi connectivity index (χ1n) is 13.1. The van der Waals surface area contributed by atoms with Crippen molar-refractivity contribution >= 4 is 54.2 Å². The topological polar surface area (TPSA) is 47.3 Å². The number of carbonyl (C=O) groups excluding carboxylic acids is 2. The highest BCUT2D eigenvalue weighted by atomic mass is 32.1. The van der Waals surface area contributed by atoms with Crippen LogP contribution in [0.25, 0.3) is 31.3 Å². The summed E-state index contributed by atoms with van der Waals surface area (Å²) in [5.41, 5.74) is 3.16. The number of rotatable bonds is 14. The van der Waals surface area contributed by atoms with Gasteiger partial charge in [-0.1, -0.05) is 77.3 Å². The lowest BCUT2D eigenvalue weighted by molar-refractivity contribution is 0.0971. The number of Topliss-reactive ketones (excluding diaryl/α,β-unsaturated/α-hetero) is 2. The zero-order chi connectivity index (χ0) is 23.9. The van der Waals surface area contributed by atoms with Gasteiger partial charge in [0.1, 0.15) is 5.58 Å².